The Labute approximate surface area is 67.1 Å². The summed E-state index contributed by atoms with van der Waals surface area (Å²) >= 11 is 0. The van der Waals surface area contributed by atoms with Crippen molar-refractivity contribution in [2.45, 2.75) is 13.8 Å². The van der Waals surface area contributed by atoms with Crippen molar-refractivity contribution < 1.29 is 0 Å². The van der Waals surface area contributed by atoms with Gasteiger partial charge in [0, 0.05) is 26.0 Å². The van der Waals surface area contributed by atoms with Crippen molar-refractivity contribution in [1.82, 2.24) is 9.97 Å². The number of aromatic nitrogens is 2. The lowest BCUT2D eigenvalue weighted by molar-refractivity contribution is 0.897. The first kappa shape index (κ1) is 7.98. The van der Waals surface area contributed by atoms with E-state index in [-0.39, 0.29) is 0 Å². The van der Waals surface area contributed by atoms with Gasteiger partial charge in [-0.2, -0.15) is 0 Å². The van der Waals surface area contributed by atoms with Gasteiger partial charge in [-0.15, -0.1) is 0 Å². The summed E-state index contributed by atoms with van der Waals surface area (Å²) < 4.78 is 0. The van der Waals surface area contributed by atoms with Crippen molar-refractivity contribution >= 4 is 5.95 Å². The van der Waals surface area contributed by atoms with E-state index < -0.39 is 0 Å². The molecule has 1 aromatic heterocycles. The van der Waals surface area contributed by atoms with Crippen molar-refractivity contribution in [3.63, 3.8) is 0 Å². The number of anilines is 1. The smallest absolute Gasteiger partial charge is 0.224 e. The Kier molecular flexibility index (Phi) is 2.41. The lowest BCUT2D eigenvalue weighted by Crippen LogP contribution is -2.18. The fraction of sp³-hybridized carbons (Fsp3) is 0.500. The minimum atomic E-state index is 0.790. The number of aryl methyl sites for hydroxylation is 1. The van der Waals surface area contributed by atoms with Gasteiger partial charge in [-0.3, -0.25) is 0 Å². The molecule has 0 N–H and O–H groups in total. The molecule has 0 bridgehead atoms. The Morgan fingerprint density at radius 3 is 2.36 bits per heavy atom. The van der Waals surface area contributed by atoms with Gasteiger partial charge in [0.1, 0.15) is 0 Å². The van der Waals surface area contributed by atoms with Crippen LogP contribution in [0.25, 0.3) is 0 Å². The average Bonchev–Trinajstić information content (AvgIpc) is 2.05. The van der Waals surface area contributed by atoms with E-state index in [0.717, 1.165) is 18.1 Å². The van der Waals surface area contributed by atoms with Crippen LogP contribution in [0.3, 0.4) is 0 Å². The summed E-state index contributed by atoms with van der Waals surface area (Å²) in [4.78, 5) is 10.3. The summed E-state index contributed by atoms with van der Waals surface area (Å²) in [5.41, 5.74) is 1.10. The summed E-state index contributed by atoms with van der Waals surface area (Å²) in [5.74, 6) is 0.790. The van der Waals surface area contributed by atoms with Crippen molar-refractivity contribution in [2.24, 2.45) is 0 Å². The normalized spacial score (nSPS) is 9.73. The molecular weight excluding hydrogens is 138 g/mol. The first-order valence-electron chi connectivity index (χ1n) is 3.74. The van der Waals surface area contributed by atoms with E-state index in [1.54, 1.807) is 0 Å². The highest BCUT2D eigenvalue weighted by molar-refractivity contribution is 5.27. The maximum atomic E-state index is 4.16. The molecule has 3 nitrogen and oxygen atoms in total. The fourth-order valence-corrected chi connectivity index (χ4v) is 0.724. The van der Waals surface area contributed by atoms with E-state index in [1.165, 1.54) is 0 Å². The number of hydrogen-bond donors (Lipinski definition) is 0. The Bertz CT molecular complexity index is 217. The molecule has 3 heteroatoms. The predicted octanol–water partition coefficient (Wildman–Crippen LogP) is 1.24. The summed E-state index contributed by atoms with van der Waals surface area (Å²) in [6.07, 6.45) is 3.66. The zero-order valence-corrected chi connectivity index (χ0v) is 7.20. The third-order valence-corrected chi connectivity index (χ3v) is 1.58. The molecule has 0 fully saturated rings. The van der Waals surface area contributed by atoms with Crippen LogP contribution in [-0.2, 0) is 0 Å². The fourth-order valence-electron chi connectivity index (χ4n) is 0.724. The van der Waals surface area contributed by atoms with Gasteiger partial charge in [0.25, 0.3) is 0 Å². The summed E-state index contributed by atoms with van der Waals surface area (Å²) in [7, 11) is 1.98. The maximum absolute atomic E-state index is 4.16. The molecule has 0 radical (unpaired) electrons. The van der Waals surface area contributed by atoms with Gasteiger partial charge in [0.15, 0.2) is 0 Å². The largest absolute Gasteiger partial charge is 0.344 e. The summed E-state index contributed by atoms with van der Waals surface area (Å²) in [6.45, 7) is 4.99. The van der Waals surface area contributed by atoms with E-state index in [9.17, 15) is 0 Å². The molecule has 1 rings (SSSR count). The maximum Gasteiger partial charge on any atom is 0.224 e. The predicted molar refractivity (Wildman–Crippen MR) is 45.7 cm³/mol. The van der Waals surface area contributed by atoms with Crippen LogP contribution in [0.15, 0.2) is 12.4 Å². The molecule has 0 aromatic carbocycles. The SMILES string of the molecule is CCN(C)c1ncc(C)cn1. The molecule has 0 saturated heterocycles. The minimum absolute atomic E-state index is 0.790. The van der Waals surface area contributed by atoms with Crippen LogP contribution >= 0.6 is 0 Å². The van der Waals surface area contributed by atoms with E-state index in [0.29, 0.717) is 0 Å². The lowest BCUT2D eigenvalue weighted by atomic mass is 10.4. The molecule has 0 aliphatic rings. The molecule has 0 saturated carbocycles. The van der Waals surface area contributed by atoms with Gasteiger partial charge in [0.05, 0.1) is 0 Å². The van der Waals surface area contributed by atoms with E-state index in [4.69, 9.17) is 0 Å². The van der Waals surface area contributed by atoms with Gasteiger partial charge in [-0.1, -0.05) is 0 Å². The van der Waals surface area contributed by atoms with Gasteiger partial charge >= 0.3 is 0 Å². The van der Waals surface area contributed by atoms with Crippen LogP contribution in [0.1, 0.15) is 12.5 Å². The number of rotatable bonds is 2. The molecule has 0 amide bonds. The summed E-state index contributed by atoms with van der Waals surface area (Å²) in [6, 6.07) is 0. The van der Waals surface area contributed by atoms with Crippen molar-refractivity contribution in [3.8, 4) is 0 Å². The average molecular weight is 151 g/mol. The Morgan fingerprint density at radius 2 is 1.91 bits per heavy atom. The summed E-state index contributed by atoms with van der Waals surface area (Å²) in [5, 5.41) is 0. The molecule has 0 aliphatic heterocycles. The minimum Gasteiger partial charge on any atom is -0.344 e. The van der Waals surface area contributed by atoms with Gasteiger partial charge in [0.2, 0.25) is 5.95 Å². The van der Waals surface area contributed by atoms with Crippen LogP contribution in [0.2, 0.25) is 0 Å². The molecule has 1 aromatic rings. The first-order valence-corrected chi connectivity index (χ1v) is 3.74. The second kappa shape index (κ2) is 3.32. The Hall–Kier alpha value is -1.12. The second-order valence-corrected chi connectivity index (χ2v) is 2.57. The third-order valence-electron chi connectivity index (χ3n) is 1.58. The van der Waals surface area contributed by atoms with Gasteiger partial charge in [-0.25, -0.2) is 9.97 Å². The molecule has 1 heterocycles. The van der Waals surface area contributed by atoms with E-state index in [2.05, 4.69) is 16.9 Å². The van der Waals surface area contributed by atoms with E-state index in [1.807, 2.05) is 31.3 Å². The van der Waals surface area contributed by atoms with Crippen LogP contribution < -0.4 is 4.90 Å². The zero-order chi connectivity index (χ0) is 8.27. The topological polar surface area (TPSA) is 29.0 Å². The molecule has 11 heavy (non-hydrogen) atoms. The zero-order valence-electron chi connectivity index (χ0n) is 7.20. The molecule has 60 valence electrons. The second-order valence-electron chi connectivity index (χ2n) is 2.57. The molecule has 0 unspecified atom stereocenters. The third kappa shape index (κ3) is 1.90. The van der Waals surface area contributed by atoms with Gasteiger partial charge in [-0.05, 0) is 19.4 Å². The Balaban J connectivity index is 2.81. The van der Waals surface area contributed by atoms with Crippen molar-refractivity contribution in [2.75, 3.05) is 18.5 Å². The quantitative estimate of drug-likeness (QED) is 0.636. The van der Waals surface area contributed by atoms with Crippen molar-refractivity contribution in [1.29, 1.82) is 0 Å². The highest BCUT2D eigenvalue weighted by atomic mass is 15.2. The molecule has 0 atom stereocenters. The van der Waals surface area contributed by atoms with Crippen LogP contribution in [-0.4, -0.2) is 23.6 Å². The van der Waals surface area contributed by atoms with Crippen LogP contribution in [0.5, 0.6) is 0 Å². The molecule has 0 spiro atoms. The van der Waals surface area contributed by atoms with Gasteiger partial charge < -0.3 is 4.90 Å². The first-order chi connectivity index (χ1) is 5.24. The standard InChI is InChI=1S/C8H13N3/c1-4-11(3)8-9-5-7(2)6-10-8/h5-6H,4H2,1-3H3. The highest BCUT2D eigenvalue weighted by Gasteiger charge is 1.98. The lowest BCUT2D eigenvalue weighted by Gasteiger charge is -2.12. The van der Waals surface area contributed by atoms with E-state index >= 15 is 0 Å². The molecular formula is C8H13N3. The molecule has 0 aliphatic carbocycles. The highest BCUT2D eigenvalue weighted by Crippen LogP contribution is 2.02. The van der Waals surface area contributed by atoms with Crippen molar-refractivity contribution in [3.05, 3.63) is 18.0 Å². The number of hydrogen-bond acceptors (Lipinski definition) is 3. The van der Waals surface area contributed by atoms with Crippen LogP contribution in [0, 0.1) is 6.92 Å². The Morgan fingerprint density at radius 1 is 1.36 bits per heavy atom. The number of nitrogens with zero attached hydrogens (tertiary/aromatic N) is 3. The monoisotopic (exact) mass is 151 g/mol. The van der Waals surface area contributed by atoms with Crippen LogP contribution in [0.4, 0.5) is 5.95 Å².